The molecule has 2 amide bonds. The van der Waals surface area contributed by atoms with Gasteiger partial charge in [0.2, 0.25) is 0 Å². The summed E-state index contributed by atoms with van der Waals surface area (Å²) in [6.45, 7) is 1.45. The van der Waals surface area contributed by atoms with Crippen LogP contribution < -0.4 is 15.8 Å². The van der Waals surface area contributed by atoms with Crippen molar-refractivity contribution in [1.82, 2.24) is 44.7 Å². The maximum Gasteiger partial charge on any atom is 0.345 e. The topological polar surface area (TPSA) is 159 Å². The van der Waals surface area contributed by atoms with Gasteiger partial charge in [-0.15, -0.1) is 0 Å². The fraction of sp³-hybridized carbons (Fsp3) is 0.323. The van der Waals surface area contributed by atoms with Gasteiger partial charge in [-0.2, -0.15) is 14.9 Å². The third-order valence-electron chi connectivity index (χ3n) is 8.32. The largest absolute Gasteiger partial charge is 0.496 e. The first-order valence-electron chi connectivity index (χ1n) is 14.6. The highest BCUT2D eigenvalue weighted by atomic mass is 19.1. The molecule has 45 heavy (non-hydrogen) atoms. The van der Waals surface area contributed by atoms with Crippen LogP contribution in [0.15, 0.2) is 61.4 Å². The first-order chi connectivity index (χ1) is 21.8. The molecular weight excluding hydrogens is 579 g/mol. The number of halogens is 1. The number of hydrogen-bond acceptors (Lipinski definition) is 9. The van der Waals surface area contributed by atoms with Crippen LogP contribution in [-0.4, -0.2) is 72.1 Å². The zero-order valence-electron chi connectivity index (χ0n) is 24.9. The third-order valence-corrected chi connectivity index (χ3v) is 8.32. The minimum atomic E-state index is -0.519. The predicted molar refractivity (Wildman–Crippen MR) is 164 cm³/mol. The molecule has 14 heteroatoms. The second-order valence-corrected chi connectivity index (χ2v) is 11.2. The van der Waals surface area contributed by atoms with Crippen molar-refractivity contribution in [3.05, 3.63) is 78.4 Å². The molecule has 1 aliphatic rings. The van der Waals surface area contributed by atoms with E-state index in [2.05, 4.69) is 25.4 Å². The molecule has 1 saturated carbocycles. The molecule has 3 heterocycles. The third kappa shape index (κ3) is 6.16. The van der Waals surface area contributed by atoms with Gasteiger partial charge < -0.3 is 20.7 Å². The monoisotopic (exact) mass is 612 g/mol. The Kier molecular flexibility index (Phi) is 8.36. The van der Waals surface area contributed by atoms with Crippen molar-refractivity contribution in [3.8, 4) is 17.0 Å². The van der Waals surface area contributed by atoms with Crippen molar-refractivity contribution >= 4 is 28.8 Å². The van der Waals surface area contributed by atoms with Crippen molar-refractivity contribution in [2.24, 2.45) is 11.8 Å². The van der Waals surface area contributed by atoms with Crippen molar-refractivity contribution in [2.75, 3.05) is 26.4 Å². The lowest BCUT2D eigenvalue weighted by molar-refractivity contribution is 0.0947. The van der Waals surface area contributed by atoms with Crippen LogP contribution in [0.5, 0.6) is 5.75 Å². The van der Waals surface area contributed by atoms with Crippen LogP contribution in [-0.2, 0) is 13.1 Å². The summed E-state index contributed by atoms with van der Waals surface area (Å²) in [5.74, 6) is 0.237. The lowest BCUT2D eigenvalue weighted by atomic mass is 9.95. The van der Waals surface area contributed by atoms with Gasteiger partial charge in [-0.1, -0.05) is 30.7 Å². The number of carbonyl (C=O) groups is 2. The van der Waals surface area contributed by atoms with Crippen molar-refractivity contribution < 1.29 is 18.7 Å². The zero-order valence-corrected chi connectivity index (χ0v) is 24.9. The van der Waals surface area contributed by atoms with Gasteiger partial charge in [0.25, 0.3) is 5.91 Å². The van der Waals surface area contributed by atoms with Crippen LogP contribution in [0.2, 0.25) is 0 Å². The van der Waals surface area contributed by atoms with Crippen LogP contribution in [0.4, 0.5) is 15.0 Å². The fourth-order valence-corrected chi connectivity index (χ4v) is 6.00. The minimum absolute atomic E-state index is 0.125. The summed E-state index contributed by atoms with van der Waals surface area (Å²) in [4.78, 5) is 39.8. The van der Waals surface area contributed by atoms with Gasteiger partial charge in [0, 0.05) is 32.2 Å². The standard InChI is InChI=1S/C31H33FN10O3/c1-40(31(44)42-18-34-16-38-42)14-21-4-3-5-22(21)15-41-29-26(28(33)36-17-37-29)27(39-41)20-8-6-19(7-9-20)13-35-30(43)24-12-23(32)10-11-25(24)45-2/h6-12,16-18,21-22H,3-5,13-15H2,1-2H3,(H,35,43)(H2,33,36,37)/t21-,22-/m0/s1. The average Bonchev–Trinajstić information content (AvgIpc) is 3.82. The Balaban J connectivity index is 1.18. The van der Waals surface area contributed by atoms with Crippen LogP contribution >= 0.6 is 0 Å². The molecule has 3 N–H and O–H groups in total. The van der Waals surface area contributed by atoms with Crippen molar-refractivity contribution in [1.29, 1.82) is 0 Å². The summed E-state index contributed by atoms with van der Waals surface area (Å²) in [6, 6.07) is 11.2. The van der Waals surface area contributed by atoms with Gasteiger partial charge in [-0.25, -0.2) is 28.8 Å². The van der Waals surface area contributed by atoms with Crippen LogP contribution in [0.1, 0.15) is 35.2 Å². The van der Waals surface area contributed by atoms with E-state index in [0.717, 1.165) is 36.5 Å². The Labute approximate surface area is 258 Å². The Bertz CT molecular complexity index is 1820. The lowest BCUT2D eigenvalue weighted by Crippen LogP contribution is -2.37. The van der Waals surface area contributed by atoms with E-state index in [1.807, 2.05) is 28.9 Å². The number of nitrogens with zero attached hydrogens (tertiary/aromatic N) is 8. The number of benzene rings is 2. The van der Waals surface area contributed by atoms with E-state index < -0.39 is 11.7 Å². The molecule has 232 valence electrons. The molecule has 3 aromatic heterocycles. The number of fused-ring (bicyclic) bond motifs is 1. The number of nitrogen functional groups attached to an aromatic ring is 1. The Morgan fingerprint density at radius 3 is 2.67 bits per heavy atom. The van der Waals surface area contributed by atoms with E-state index in [1.54, 1.807) is 11.9 Å². The van der Waals surface area contributed by atoms with Gasteiger partial charge >= 0.3 is 6.03 Å². The van der Waals surface area contributed by atoms with Gasteiger partial charge in [-0.05, 0) is 48.4 Å². The average molecular weight is 613 g/mol. The highest BCUT2D eigenvalue weighted by Gasteiger charge is 2.31. The second kappa shape index (κ2) is 12.7. The number of aromatic nitrogens is 7. The zero-order chi connectivity index (χ0) is 31.5. The molecule has 0 radical (unpaired) electrons. The highest BCUT2D eigenvalue weighted by molar-refractivity contribution is 5.98. The first kappa shape index (κ1) is 29.7. The van der Waals surface area contributed by atoms with Crippen molar-refractivity contribution in [2.45, 2.75) is 32.4 Å². The maximum absolute atomic E-state index is 13.7. The number of ether oxygens (including phenoxy) is 1. The summed E-state index contributed by atoms with van der Waals surface area (Å²) in [5.41, 5.74) is 9.44. The Morgan fingerprint density at radius 2 is 1.91 bits per heavy atom. The molecule has 0 bridgehead atoms. The summed E-state index contributed by atoms with van der Waals surface area (Å²) in [6.07, 6.45) is 7.27. The van der Waals surface area contributed by atoms with Gasteiger partial charge in [0.05, 0.1) is 18.1 Å². The summed E-state index contributed by atoms with van der Waals surface area (Å²) >= 11 is 0. The Morgan fingerprint density at radius 1 is 1.11 bits per heavy atom. The summed E-state index contributed by atoms with van der Waals surface area (Å²) in [7, 11) is 3.21. The lowest BCUT2D eigenvalue weighted by Gasteiger charge is -2.25. The number of methoxy groups -OCH3 is 1. The Hall–Kier alpha value is -5.40. The molecule has 0 aliphatic heterocycles. The van der Waals surface area contributed by atoms with E-state index in [-0.39, 0.29) is 30.0 Å². The second-order valence-electron chi connectivity index (χ2n) is 11.2. The number of rotatable bonds is 9. The fourth-order valence-electron chi connectivity index (χ4n) is 6.00. The normalized spacial score (nSPS) is 16.2. The maximum atomic E-state index is 13.7. The number of nitrogens with two attached hydrogens (primary N) is 1. The van der Waals surface area contributed by atoms with E-state index >= 15 is 0 Å². The van der Waals surface area contributed by atoms with Gasteiger partial charge in [0.1, 0.15) is 42.1 Å². The number of amides is 2. The summed E-state index contributed by atoms with van der Waals surface area (Å²) in [5, 5.41) is 12.4. The molecule has 0 unspecified atom stereocenters. The minimum Gasteiger partial charge on any atom is -0.496 e. The molecule has 5 aromatic rings. The number of hydrogen-bond donors (Lipinski definition) is 2. The highest BCUT2D eigenvalue weighted by Crippen LogP contribution is 2.36. The quantitative estimate of drug-likeness (QED) is 0.253. The summed E-state index contributed by atoms with van der Waals surface area (Å²) < 4.78 is 22.1. The molecule has 1 fully saturated rings. The first-order valence-corrected chi connectivity index (χ1v) is 14.6. The number of carbonyl (C=O) groups excluding carboxylic acids is 2. The van der Waals surface area contributed by atoms with E-state index in [4.69, 9.17) is 15.6 Å². The molecule has 13 nitrogen and oxygen atoms in total. The smallest absolute Gasteiger partial charge is 0.345 e. The van der Waals surface area contributed by atoms with Crippen LogP contribution in [0.3, 0.4) is 0 Å². The predicted octanol–water partition coefficient (Wildman–Crippen LogP) is 3.76. The van der Waals surface area contributed by atoms with Crippen LogP contribution in [0.25, 0.3) is 22.3 Å². The van der Waals surface area contributed by atoms with E-state index in [0.29, 0.717) is 41.4 Å². The molecular formula is C31H33FN10O3. The van der Waals surface area contributed by atoms with E-state index in [9.17, 15) is 14.0 Å². The molecule has 2 atom stereocenters. The molecule has 2 aromatic carbocycles. The van der Waals surface area contributed by atoms with Crippen LogP contribution in [0, 0.1) is 17.7 Å². The number of anilines is 1. The molecule has 6 rings (SSSR count). The number of nitrogens with one attached hydrogen (secondary N) is 1. The van der Waals surface area contributed by atoms with Gasteiger partial charge in [-0.3, -0.25) is 4.79 Å². The molecule has 0 saturated heterocycles. The van der Waals surface area contributed by atoms with Crippen molar-refractivity contribution in [3.63, 3.8) is 0 Å². The molecule has 0 spiro atoms. The van der Waals surface area contributed by atoms with Gasteiger partial charge in [0.15, 0.2) is 5.65 Å². The molecule has 1 aliphatic carbocycles. The van der Waals surface area contributed by atoms with E-state index in [1.165, 1.54) is 42.9 Å². The SMILES string of the molecule is COc1ccc(F)cc1C(=O)NCc1ccc(-c2nn(C[C@@H]3CCC[C@H]3CN(C)C(=O)n3cncn3)c3ncnc(N)c23)cc1.